The second-order valence-electron chi connectivity index (χ2n) is 3.75. The highest BCUT2D eigenvalue weighted by Crippen LogP contribution is 2.60. The lowest BCUT2D eigenvalue weighted by molar-refractivity contribution is -0.205. The lowest BCUT2D eigenvalue weighted by Crippen LogP contribution is -2.50. The van der Waals surface area contributed by atoms with Gasteiger partial charge in [-0.2, -0.15) is 0 Å². The van der Waals surface area contributed by atoms with Crippen LogP contribution in [-0.4, -0.2) is 16.8 Å². The third kappa shape index (κ3) is 0.845. The molecular formula is C7H9F2N3O. The lowest BCUT2D eigenvalue weighted by Gasteiger charge is -2.35. The molecule has 0 saturated heterocycles. The van der Waals surface area contributed by atoms with E-state index in [1.54, 1.807) is 0 Å². The van der Waals surface area contributed by atoms with Gasteiger partial charge in [0.1, 0.15) is 0 Å². The molecule has 0 aliphatic heterocycles. The molecule has 2 rings (SSSR count). The predicted molar refractivity (Wildman–Crippen MR) is 39.9 cm³/mol. The van der Waals surface area contributed by atoms with Crippen LogP contribution in [0.3, 0.4) is 0 Å². The highest BCUT2D eigenvalue weighted by atomic mass is 19.3. The first-order valence-electron chi connectivity index (χ1n) is 4.19. The summed E-state index contributed by atoms with van der Waals surface area (Å²) in [5.41, 5.74) is 5.65. The maximum atomic E-state index is 13.4. The highest BCUT2D eigenvalue weighted by Gasteiger charge is 2.69. The van der Waals surface area contributed by atoms with Gasteiger partial charge >= 0.3 is 0 Å². The number of azide groups is 1. The Morgan fingerprint density at radius 2 is 2.00 bits per heavy atom. The van der Waals surface area contributed by atoms with Crippen LogP contribution in [-0.2, 0) is 0 Å². The monoisotopic (exact) mass is 189 g/mol. The molecule has 6 heteroatoms. The van der Waals surface area contributed by atoms with E-state index in [9.17, 15) is 13.9 Å². The van der Waals surface area contributed by atoms with Crippen LogP contribution in [0.15, 0.2) is 5.11 Å². The Labute approximate surface area is 73.2 Å². The molecule has 0 aromatic carbocycles. The van der Waals surface area contributed by atoms with Crippen LogP contribution in [0.25, 0.3) is 10.4 Å². The zero-order valence-electron chi connectivity index (χ0n) is 6.82. The number of rotatable bonds is 1. The molecule has 0 spiro atoms. The Kier molecular flexibility index (Phi) is 1.56. The summed E-state index contributed by atoms with van der Waals surface area (Å²) < 4.78 is 26.7. The lowest BCUT2D eigenvalue weighted by atomic mass is 9.88. The van der Waals surface area contributed by atoms with Crippen LogP contribution in [0.1, 0.15) is 19.3 Å². The molecule has 72 valence electrons. The molecule has 2 saturated carbocycles. The minimum Gasteiger partial charge on any atom is -0.378 e. The SMILES string of the molecule is [N-]=[N+]=NC1(O)C2CCC(C2)C1(F)F. The first kappa shape index (κ1) is 8.72. The van der Waals surface area contributed by atoms with Gasteiger partial charge in [0.15, 0.2) is 0 Å². The molecular weight excluding hydrogens is 180 g/mol. The summed E-state index contributed by atoms with van der Waals surface area (Å²) in [7, 11) is 0. The number of nitrogens with zero attached hydrogens (tertiary/aromatic N) is 3. The summed E-state index contributed by atoms with van der Waals surface area (Å²) in [5, 5.41) is 12.4. The van der Waals surface area contributed by atoms with Gasteiger partial charge in [-0.1, -0.05) is 5.11 Å². The fraction of sp³-hybridized carbons (Fsp3) is 1.00. The minimum atomic E-state index is -3.25. The van der Waals surface area contributed by atoms with E-state index < -0.39 is 23.5 Å². The van der Waals surface area contributed by atoms with Crippen LogP contribution in [0, 0.1) is 11.8 Å². The summed E-state index contributed by atoms with van der Waals surface area (Å²) in [6, 6.07) is 0. The van der Waals surface area contributed by atoms with Gasteiger partial charge in [0.05, 0.1) is 0 Å². The molecule has 2 bridgehead atoms. The van der Waals surface area contributed by atoms with Crippen molar-refractivity contribution in [1.29, 1.82) is 0 Å². The Balaban J connectivity index is 2.43. The average Bonchev–Trinajstić information content (AvgIpc) is 2.56. The van der Waals surface area contributed by atoms with Crippen LogP contribution in [0.5, 0.6) is 0 Å². The smallest absolute Gasteiger partial charge is 0.285 e. The summed E-state index contributed by atoms with van der Waals surface area (Å²) in [4.78, 5) is 2.30. The van der Waals surface area contributed by atoms with Crippen molar-refractivity contribution >= 4 is 0 Å². The van der Waals surface area contributed by atoms with Crippen molar-refractivity contribution in [3.63, 3.8) is 0 Å². The second kappa shape index (κ2) is 2.33. The van der Waals surface area contributed by atoms with Gasteiger partial charge in [-0.15, -0.1) is 0 Å². The van der Waals surface area contributed by atoms with E-state index in [1.165, 1.54) is 0 Å². The molecule has 0 aromatic heterocycles. The number of fused-ring (bicyclic) bond motifs is 2. The fourth-order valence-electron chi connectivity index (χ4n) is 2.47. The van der Waals surface area contributed by atoms with Crippen LogP contribution >= 0.6 is 0 Å². The fourth-order valence-corrected chi connectivity index (χ4v) is 2.47. The average molecular weight is 189 g/mol. The van der Waals surface area contributed by atoms with Gasteiger partial charge in [0.2, 0.25) is 5.72 Å². The molecule has 4 nitrogen and oxygen atoms in total. The topological polar surface area (TPSA) is 69.0 Å². The molecule has 2 aliphatic rings. The molecule has 2 aliphatic carbocycles. The van der Waals surface area contributed by atoms with Crippen LogP contribution in [0.4, 0.5) is 8.78 Å². The highest BCUT2D eigenvalue weighted by molar-refractivity contribution is 5.11. The van der Waals surface area contributed by atoms with Gasteiger partial charge in [0.25, 0.3) is 5.92 Å². The van der Waals surface area contributed by atoms with Crippen molar-refractivity contribution in [2.75, 3.05) is 0 Å². The molecule has 0 amide bonds. The molecule has 1 N–H and O–H groups in total. The molecule has 2 fully saturated rings. The largest absolute Gasteiger partial charge is 0.378 e. The Hall–Kier alpha value is -0.870. The van der Waals surface area contributed by atoms with E-state index in [0.29, 0.717) is 12.8 Å². The molecule has 13 heavy (non-hydrogen) atoms. The quantitative estimate of drug-likeness (QED) is 0.382. The van der Waals surface area contributed by atoms with Crippen molar-refractivity contribution < 1.29 is 13.9 Å². The summed E-state index contributed by atoms with van der Waals surface area (Å²) in [6.45, 7) is 0. The van der Waals surface area contributed by atoms with Crippen LogP contribution in [0.2, 0.25) is 0 Å². The first-order chi connectivity index (χ1) is 6.02. The van der Waals surface area contributed by atoms with Gasteiger partial charge in [-0.3, -0.25) is 0 Å². The Bertz CT molecular complexity index is 289. The van der Waals surface area contributed by atoms with Gasteiger partial charge < -0.3 is 5.11 Å². The maximum absolute atomic E-state index is 13.4. The van der Waals surface area contributed by atoms with E-state index in [0.717, 1.165) is 0 Å². The molecule has 0 aromatic rings. The zero-order chi connectivity index (χ0) is 9.69. The molecule has 0 heterocycles. The standard InChI is InChI=1S/C7H9F2N3O/c8-6(9)4-1-2-5(3-4)7(6,13)11-12-10/h4-5,13H,1-3H2. The van der Waals surface area contributed by atoms with Gasteiger partial charge in [-0.05, 0) is 24.8 Å². The third-order valence-electron chi connectivity index (χ3n) is 3.20. The Morgan fingerprint density at radius 1 is 1.38 bits per heavy atom. The van der Waals surface area contributed by atoms with E-state index in [-0.39, 0.29) is 6.42 Å². The second-order valence-corrected chi connectivity index (χ2v) is 3.75. The van der Waals surface area contributed by atoms with Gasteiger partial charge in [-0.25, -0.2) is 8.78 Å². The normalized spacial score (nSPS) is 46.1. The maximum Gasteiger partial charge on any atom is 0.285 e. The van der Waals surface area contributed by atoms with Crippen LogP contribution < -0.4 is 0 Å². The first-order valence-corrected chi connectivity index (χ1v) is 4.19. The molecule has 3 unspecified atom stereocenters. The van der Waals surface area contributed by atoms with Crippen molar-refractivity contribution in [3.8, 4) is 0 Å². The van der Waals surface area contributed by atoms with Crippen molar-refractivity contribution in [1.82, 2.24) is 0 Å². The number of hydrogen-bond donors (Lipinski definition) is 1. The van der Waals surface area contributed by atoms with Gasteiger partial charge in [0, 0.05) is 16.7 Å². The predicted octanol–water partition coefficient (Wildman–Crippen LogP) is 2.05. The van der Waals surface area contributed by atoms with E-state index >= 15 is 0 Å². The third-order valence-corrected chi connectivity index (χ3v) is 3.20. The number of hydrogen-bond acceptors (Lipinski definition) is 2. The van der Waals surface area contributed by atoms with Crippen molar-refractivity contribution in [2.45, 2.75) is 30.9 Å². The minimum absolute atomic E-state index is 0.266. The number of alkyl halides is 2. The zero-order valence-corrected chi connectivity index (χ0v) is 6.82. The van der Waals surface area contributed by atoms with Crippen molar-refractivity contribution in [2.24, 2.45) is 17.0 Å². The van der Waals surface area contributed by atoms with Crippen molar-refractivity contribution in [3.05, 3.63) is 10.4 Å². The molecule has 3 atom stereocenters. The molecule has 0 radical (unpaired) electrons. The number of halogens is 2. The number of aliphatic hydroxyl groups is 1. The summed E-state index contributed by atoms with van der Waals surface area (Å²) in [5.74, 6) is -4.63. The Morgan fingerprint density at radius 3 is 2.46 bits per heavy atom. The summed E-state index contributed by atoms with van der Waals surface area (Å²) >= 11 is 0. The van der Waals surface area contributed by atoms with E-state index in [1.807, 2.05) is 0 Å². The van der Waals surface area contributed by atoms with E-state index in [4.69, 9.17) is 5.53 Å². The van der Waals surface area contributed by atoms with E-state index in [2.05, 4.69) is 10.0 Å². The summed E-state index contributed by atoms with van der Waals surface area (Å²) in [6.07, 6.45) is 1.21.